The third kappa shape index (κ3) is 8.35. The summed E-state index contributed by atoms with van der Waals surface area (Å²) in [7, 11) is -2.45. The van der Waals surface area contributed by atoms with E-state index >= 15 is 0 Å². The fraction of sp³-hybridized carbons (Fsp3) is 0.289. The molecule has 262 valence electrons. The van der Waals surface area contributed by atoms with Crippen molar-refractivity contribution in [3.05, 3.63) is 113 Å². The first-order chi connectivity index (χ1) is 23.9. The van der Waals surface area contributed by atoms with Gasteiger partial charge < -0.3 is 24.0 Å². The van der Waals surface area contributed by atoms with Crippen molar-refractivity contribution in [3.63, 3.8) is 0 Å². The molecule has 12 heteroatoms. The van der Waals surface area contributed by atoms with Gasteiger partial charge >= 0.3 is 6.09 Å². The molecule has 0 bridgehead atoms. The molecular formula is C38H40ClN3O6S2. The molecule has 0 radical (unpaired) electrons. The summed E-state index contributed by atoms with van der Waals surface area (Å²) in [5.41, 5.74) is 2.05. The van der Waals surface area contributed by atoms with Gasteiger partial charge in [0.15, 0.2) is 0 Å². The van der Waals surface area contributed by atoms with E-state index in [1.807, 2.05) is 106 Å². The Bertz CT molecular complexity index is 2080. The Hall–Kier alpha value is -4.29. The molecule has 1 aliphatic heterocycles. The molecule has 0 spiro atoms. The number of amides is 1. The molecule has 1 aromatic heterocycles. The molecule has 0 unspecified atom stereocenters. The fourth-order valence-electron chi connectivity index (χ4n) is 5.80. The molecule has 4 aromatic carbocycles. The van der Waals surface area contributed by atoms with E-state index in [-0.39, 0.29) is 33.5 Å². The standard InChI is InChI=1S/C38H40ClN3O6S2/c1-38(2,3)48-37(43)41-20-18-40(19-21-41)30-14-9-16-32(23-30)47-36-34(39)24-35(49-36)50(44,45)42(25-27-10-7-15-31(22-27)46-4)26-29-13-8-12-28-11-5-6-17-33(28)29/h5-17,22-24H,18-21,25-26H2,1-4H3. The average molecular weight is 734 g/mol. The summed E-state index contributed by atoms with van der Waals surface area (Å²) in [6.07, 6.45) is -0.313. The highest BCUT2D eigenvalue weighted by Crippen LogP contribution is 2.42. The molecule has 9 nitrogen and oxygen atoms in total. The Morgan fingerprint density at radius 3 is 2.32 bits per heavy atom. The van der Waals surface area contributed by atoms with Gasteiger partial charge in [-0.1, -0.05) is 83.6 Å². The number of carbonyl (C=O) groups excluding carboxylic acids is 1. The van der Waals surface area contributed by atoms with Gasteiger partial charge in [-0.05, 0) is 73.0 Å². The summed E-state index contributed by atoms with van der Waals surface area (Å²) in [4.78, 5) is 16.4. The number of methoxy groups -OCH3 is 1. The van der Waals surface area contributed by atoms with E-state index in [0.717, 1.165) is 38.9 Å². The summed E-state index contributed by atoms with van der Waals surface area (Å²) in [5, 5.41) is 2.51. The average Bonchev–Trinajstić information content (AvgIpc) is 3.48. The molecule has 5 aromatic rings. The summed E-state index contributed by atoms with van der Waals surface area (Å²) >= 11 is 7.64. The van der Waals surface area contributed by atoms with E-state index in [0.29, 0.717) is 37.7 Å². The minimum absolute atomic E-state index is 0.0788. The molecular weight excluding hydrogens is 694 g/mol. The van der Waals surface area contributed by atoms with Crippen molar-refractivity contribution < 1.29 is 27.4 Å². The lowest BCUT2D eigenvalue weighted by atomic mass is 10.0. The monoisotopic (exact) mass is 733 g/mol. The van der Waals surface area contributed by atoms with Crippen molar-refractivity contribution in [2.45, 2.75) is 43.7 Å². The lowest BCUT2D eigenvalue weighted by Crippen LogP contribution is -2.50. The van der Waals surface area contributed by atoms with Crippen molar-refractivity contribution in [1.29, 1.82) is 0 Å². The first-order valence-electron chi connectivity index (χ1n) is 16.3. The van der Waals surface area contributed by atoms with Crippen LogP contribution < -0.4 is 14.4 Å². The van der Waals surface area contributed by atoms with Gasteiger partial charge in [-0.3, -0.25) is 0 Å². The fourth-order valence-corrected chi connectivity index (χ4v) is 8.96. The van der Waals surface area contributed by atoms with E-state index < -0.39 is 15.6 Å². The third-order valence-corrected chi connectivity index (χ3v) is 11.9. The van der Waals surface area contributed by atoms with Crippen LogP contribution in [-0.4, -0.2) is 62.6 Å². The van der Waals surface area contributed by atoms with Crippen molar-refractivity contribution in [2.75, 3.05) is 38.2 Å². The molecule has 6 rings (SSSR count). The number of hydrogen-bond acceptors (Lipinski definition) is 8. The predicted molar refractivity (Wildman–Crippen MR) is 199 cm³/mol. The van der Waals surface area contributed by atoms with Gasteiger partial charge in [0.1, 0.15) is 21.3 Å². The quantitative estimate of drug-likeness (QED) is 0.142. The summed E-state index contributed by atoms with van der Waals surface area (Å²) in [6.45, 7) is 8.16. The zero-order chi connectivity index (χ0) is 35.5. The van der Waals surface area contributed by atoms with E-state index in [4.69, 9.17) is 25.8 Å². The Balaban J connectivity index is 1.22. The number of fused-ring (bicyclic) bond motifs is 1. The minimum Gasteiger partial charge on any atom is -0.497 e. The van der Waals surface area contributed by atoms with Crippen LogP contribution in [0.25, 0.3) is 10.8 Å². The second kappa shape index (κ2) is 14.9. The zero-order valence-corrected chi connectivity index (χ0v) is 30.9. The summed E-state index contributed by atoms with van der Waals surface area (Å²) in [5.74, 6) is 1.17. The van der Waals surface area contributed by atoms with Crippen molar-refractivity contribution >= 4 is 55.5 Å². The van der Waals surface area contributed by atoms with E-state index in [9.17, 15) is 13.2 Å². The molecule has 2 heterocycles. The number of sulfonamides is 1. The first-order valence-corrected chi connectivity index (χ1v) is 18.9. The smallest absolute Gasteiger partial charge is 0.410 e. The summed E-state index contributed by atoms with van der Waals surface area (Å²) < 4.78 is 47.5. The first kappa shape index (κ1) is 35.5. The second-order valence-electron chi connectivity index (χ2n) is 13.0. The Morgan fingerprint density at radius 1 is 0.860 bits per heavy atom. The van der Waals surface area contributed by atoms with Crippen LogP contribution in [0.15, 0.2) is 101 Å². The molecule has 0 saturated carbocycles. The maximum absolute atomic E-state index is 14.4. The molecule has 50 heavy (non-hydrogen) atoms. The molecule has 1 amide bonds. The van der Waals surface area contributed by atoms with Crippen LogP contribution in [0.1, 0.15) is 31.9 Å². The van der Waals surface area contributed by atoms with Crippen LogP contribution in [-0.2, 0) is 27.8 Å². The maximum Gasteiger partial charge on any atom is 0.410 e. The lowest BCUT2D eigenvalue weighted by molar-refractivity contribution is 0.0240. The third-order valence-electron chi connectivity index (χ3n) is 8.27. The number of nitrogens with zero attached hydrogens (tertiary/aromatic N) is 3. The van der Waals surface area contributed by atoms with Gasteiger partial charge in [0, 0.05) is 51.0 Å². The minimum atomic E-state index is -4.03. The lowest BCUT2D eigenvalue weighted by Gasteiger charge is -2.36. The van der Waals surface area contributed by atoms with E-state index in [2.05, 4.69) is 4.90 Å². The van der Waals surface area contributed by atoms with Crippen LogP contribution >= 0.6 is 22.9 Å². The Kier molecular flexibility index (Phi) is 10.6. The number of ether oxygens (including phenoxy) is 3. The molecule has 1 aliphatic rings. The van der Waals surface area contributed by atoms with E-state index in [1.54, 1.807) is 18.1 Å². The number of rotatable bonds is 10. The van der Waals surface area contributed by atoms with Crippen LogP contribution in [0.3, 0.4) is 0 Å². The molecule has 1 fully saturated rings. The predicted octanol–water partition coefficient (Wildman–Crippen LogP) is 8.80. The zero-order valence-electron chi connectivity index (χ0n) is 28.5. The SMILES string of the molecule is COc1cccc(CN(Cc2cccc3ccccc23)S(=O)(=O)c2cc(Cl)c(Oc3cccc(N4CCN(C(=O)OC(C)(C)C)CC4)c3)s2)c1. The van der Waals surface area contributed by atoms with Gasteiger partial charge in [-0.2, -0.15) is 4.31 Å². The van der Waals surface area contributed by atoms with Gasteiger partial charge in [0.05, 0.1) is 12.1 Å². The van der Waals surface area contributed by atoms with Crippen molar-refractivity contribution in [3.8, 4) is 16.6 Å². The molecule has 0 aliphatic carbocycles. The topological polar surface area (TPSA) is 88.6 Å². The number of thiophene rings is 1. The van der Waals surface area contributed by atoms with E-state index in [1.165, 1.54) is 10.4 Å². The van der Waals surface area contributed by atoms with Crippen LogP contribution in [0.2, 0.25) is 5.02 Å². The number of piperazine rings is 1. The maximum atomic E-state index is 14.4. The number of halogens is 1. The Labute approximate surface area is 302 Å². The second-order valence-corrected chi connectivity index (χ2v) is 16.6. The number of anilines is 1. The van der Waals surface area contributed by atoms with Crippen molar-refractivity contribution in [1.82, 2.24) is 9.21 Å². The van der Waals surface area contributed by atoms with Gasteiger partial charge in [0.25, 0.3) is 10.0 Å². The highest BCUT2D eigenvalue weighted by Gasteiger charge is 2.30. The summed E-state index contributed by atoms with van der Waals surface area (Å²) in [6, 6.07) is 30.3. The number of hydrogen-bond donors (Lipinski definition) is 0. The molecule has 1 saturated heterocycles. The van der Waals surface area contributed by atoms with Crippen LogP contribution in [0, 0.1) is 0 Å². The Morgan fingerprint density at radius 2 is 1.56 bits per heavy atom. The number of carbonyl (C=O) groups is 1. The largest absolute Gasteiger partial charge is 0.497 e. The van der Waals surface area contributed by atoms with Crippen LogP contribution in [0.5, 0.6) is 16.6 Å². The van der Waals surface area contributed by atoms with Gasteiger partial charge in [-0.15, -0.1) is 0 Å². The highest BCUT2D eigenvalue weighted by atomic mass is 35.5. The number of benzene rings is 4. The van der Waals surface area contributed by atoms with Gasteiger partial charge in [-0.25, -0.2) is 13.2 Å². The van der Waals surface area contributed by atoms with Crippen LogP contribution in [0.4, 0.5) is 10.5 Å². The molecule has 0 atom stereocenters. The molecule has 0 N–H and O–H groups in total. The van der Waals surface area contributed by atoms with Gasteiger partial charge in [0.2, 0.25) is 5.06 Å². The van der Waals surface area contributed by atoms with Crippen molar-refractivity contribution in [2.24, 2.45) is 0 Å². The highest BCUT2D eigenvalue weighted by molar-refractivity contribution is 7.91. The normalized spacial score (nSPS) is 13.9.